The van der Waals surface area contributed by atoms with Crippen LogP contribution in [0.2, 0.25) is 0 Å². The molecule has 1 N–H and O–H groups in total. The van der Waals surface area contributed by atoms with Crippen molar-refractivity contribution < 1.29 is 18.0 Å². The van der Waals surface area contributed by atoms with Gasteiger partial charge in [0.2, 0.25) is 5.91 Å². The zero-order valence-electron chi connectivity index (χ0n) is 18.5. The number of hydrogen-bond acceptors (Lipinski definition) is 4. The molecule has 6 nitrogen and oxygen atoms in total. The number of alkyl halides is 3. The highest BCUT2D eigenvalue weighted by Crippen LogP contribution is 2.35. The van der Waals surface area contributed by atoms with Crippen molar-refractivity contribution in [2.24, 2.45) is 5.41 Å². The van der Waals surface area contributed by atoms with E-state index in [1.807, 2.05) is 45.9 Å². The van der Waals surface area contributed by atoms with Crippen LogP contribution >= 0.6 is 0 Å². The Balaban J connectivity index is 1.72. The van der Waals surface area contributed by atoms with Gasteiger partial charge in [-0.2, -0.15) is 18.3 Å². The summed E-state index contributed by atoms with van der Waals surface area (Å²) in [5.41, 5.74) is 1.79. The number of rotatable bonds is 3. The van der Waals surface area contributed by atoms with Crippen molar-refractivity contribution in [3.05, 3.63) is 66.0 Å². The van der Waals surface area contributed by atoms with Crippen LogP contribution in [0.1, 0.15) is 31.9 Å². The first-order valence-electron chi connectivity index (χ1n) is 10.2. The van der Waals surface area contributed by atoms with E-state index in [0.717, 1.165) is 17.2 Å². The number of fused-ring (bicyclic) bond motifs is 1. The average molecular weight is 453 g/mol. The fourth-order valence-electron chi connectivity index (χ4n) is 3.21. The standard InChI is InChI=1S/C24H22F3N5O/c1-14-7-8-15(12-18(14)30-22(33)23(2,3)4)19-13-32-20(29-19)10-9-17(31-32)21-16(24(25,26)27)6-5-11-28-21/h5-13H,1-4H3,(H,30,33). The van der Waals surface area contributed by atoms with Crippen LogP contribution in [0.25, 0.3) is 28.3 Å². The lowest BCUT2D eigenvalue weighted by Gasteiger charge is -2.19. The van der Waals surface area contributed by atoms with Crippen LogP contribution in [0.15, 0.2) is 54.9 Å². The second-order valence-corrected chi connectivity index (χ2v) is 8.78. The maximum absolute atomic E-state index is 13.4. The first kappa shape index (κ1) is 22.4. The molecule has 4 aromatic rings. The van der Waals surface area contributed by atoms with E-state index >= 15 is 0 Å². The Kier molecular flexibility index (Phi) is 5.43. The molecule has 0 aliphatic heterocycles. The topological polar surface area (TPSA) is 72.2 Å². The SMILES string of the molecule is Cc1ccc(-c2cn3nc(-c4ncccc4C(F)(F)F)ccc3n2)cc1NC(=O)C(C)(C)C. The van der Waals surface area contributed by atoms with Crippen LogP contribution in [-0.4, -0.2) is 25.5 Å². The predicted molar refractivity (Wildman–Crippen MR) is 119 cm³/mol. The Morgan fingerprint density at radius 2 is 1.79 bits per heavy atom. The van der Waals surface area contributed by atoms with Gasteiger partial charge < -0.3 is 5.32 Å². The zero-order chi connectivity index (χ0) is 24.0. The van der Waals surface area contributed by atoms with Crippen LogP contribution in [0.3, 0.4) is 0 Å². The van der Waals surface area contributed by atoms with E-state index in [0.29, 0.717) is 17.0 Å². The molecule has 0 unspecified atom stereocenters. The number of anilines is 1. The Labute approximate surface area is 188 Å². The van der Waals surface area contributed by atoms with Gasteiger partial charge in [-0.1, -0.05) is 32.9 Å². The number of imidazole rings is 1. The molecule has 0 fully saturated rings. The van der Waals surface area contributed by atoms with Gasteiger partial charge >= 0.3 is 6.18 Å². The van der Waals surface area contributed by atoms with Crippen LogP contribution in [0.4, 0.5) is 18.9 Å². The van der Waals surface area contributed by atoms with Gasteiger partial charge in [0.05, 0.1) is 17.5 Å². The Bertz CT molecular complexity index is 1350. The van der Waals surface area contributed by atoms with Crippen LogP contribution in [0.5, 0.6) is 0 Å². The van der Waals surface area contributed by atoms with Crippen molar-refractivity contribution in [3.8, 4) is 22.6 Å². The summed E-state index contributed by atoms with van der Waals surface area (Å²) in [6, 6.07) is 10.8. The fourth-order valence-corrected chi connectivity index (χ4v) is 3.21. The van der Waals surface area contributed by atoms with Gasteiger partial charge in [0.15, 0.2) is 5.65 Å². The van der Waals surface area contributed by atoms with Gasteiger partial charge in [-0.15, -0.1) is 0 Å². The summed E-state index contributed by atoms with van der Waals surface area (Å²) in [5, 5.41) is 7.25. The number of carbonyl (C=O) groups excluding carboxylic acids is 1. The third-order valence-electron chi connectivity index (χ3n) is 5.14. The molecule has 9 heteroatoms. The molecule has 1 amide bonds. The van der Waals surface area contributed by atoms with Crippen LogP contribution < -0.4 is 5.32 Å². The largest absolute Gasteiger partial charge is 0.418 e. The minimum absolute atomic E-state index is 0.0846. The molecule has 0 spiro atoms. The van der Waals surface area contributed by atoms with Gasteiger partial charge in [0.1, 0.15) is 11.4 Å². The molecule has 0 saturated carbocycles. The Morgan fingerprint density at radius 3 is 2.48 bits per heavy atom. The summed E-state index contributed by atoms with van der Waals surface area (Å²) in [6.07, 6.45) is -1.61. The van der Waals surface area contributed by atoms with Gasteiger partial charge in [-0.05, 0) is 42.8 Å². The number of benzene rings is 1. The molecule has 170 valence electrons. The van der Waals surface area contributed by atoms with E-state index < -0.39 is 17.2 Å². The lowest BCUT2D eigenvalue weighted by molar-refractivity contribution is -0.137. The third kappa shape index (κ3) is 4.57. The summed E-state index contributed by atoms with van der Waals surface area (Å²) in [5.74, 6) is -0.111. The maximum Gasteiger partial charge on any atom is 0.418 e. The first-order valence-corrected chi connectivity index (χ1v) is 10.2. The van der Waals surface area contributed by atoms with Crippen molar-refractivity contribution in [1.82, 2.24) is 19.6 Å². The number of nitrogens with one attached hydrogen (secondary N) is 1. The zero-order valence-corrected chi connectivity index (χ0v) is 18.5. The maximum atomic E-state index is 13.4. The van der Waals surface area contributed by atoms with Crippen molar-refractivity contribution in [1.29, 1.82) is 0 Å². The van der Waals surface area contributed by atoms with E-state index in [-0.39, 0.29) is 17.3 Å². The van der Waals surface area contributed by atoms with Crippen molar-refractivity contribution in [3.63, 3.8) is 0 Å². The number of carbonyl (C=O) groups is 1. The summed E-state index contributed by atoms with van der Waals surface area (Å²) in [6.45, 7) is 7.39. The molecule has 3 aromatic heterocycles. The molecule has 0 atom stereocenters. The fraction of sp³-hybridized carbons (Fsp3) is 0.250. The number of aromatic nitrogens is 4. The number of nitrogens with zero attached hydrogens (tertiary/aromatic N) is 4. The molecule has 1 aromatic carbocycles. The van der Waals surface area contributed by atoms with Gasteiger partial charge in [-0.25, -0.2) is 9.50 Å². The predicted octanol–water partition coefficient (Wildman–Crippen LogP) is 5.77. The molecule has 33 heavy (non-hydrogen) atoms. The molecule has 0 saturated heterocycles. The summed E-state index contributed by atoms with van der Waals surface area (Å²) in [4.78, 5) is 20.9. The summed E-state index contributed by atoms with van der Waals surface area (Å²) >= 11 is 0. The van der Waals surface area contributed by atoms with E-state index in [1.54, 1.807) is 12.3 Å². The molecular weight excluding hydrogens is 431 g/mol. The van der Waals surface area contributed by atoms with Gasteiger partial charge in [-0.3, -0.25) is 9.78 Å². The summed E-state index contributed by atoms with van der Waals surface area (Å²) in [7, 11) is 0. The molecule has 0 radical (unpaired) electrons. The van der Waals surface area contributed by atoms with Crippen LogP contribution in [-0.2, 0) is 11.0 Å². The minimum atomic E-state index is -4.55. The normalized spacial score (nSPS) is 12.2. The van der Waals surface area contributed by atoms with Crippen molar-refractivity contribution >= 4 is 17.2 Å². The minimum Gasteiger partial charge on any atom is -0.325 e. The van der Waals surface area contributed by atoms with Crippen molar-refractivity contribution in [2.45, 2.75) is 33.9 Å². The quantitative estimate of drug-likeness (QED) is 0.427. The molecule has 3 heterocycles. The number of hydrogen-bond donors (Lipinski definition) is 1. The second kappa shape index (κ2) is 7.99. The smallest absolute Gasteiger partial charge is 0.325 e. The summed E-state index contributed by atoms with van der Waals surface area (Å²) < 4.78 is 41.6. The van der Waals surface area contributed by atoms with E-state index in [9.17, 15) is 18.0 Å². The lowest BCUT2D eigenvalue weighted by atomic mass is 9.95. The number of halogens is 3. The molecular formula is C24H22F3N5O. The molecule has 0 aliphatic rings. The average Bonchev–Trinajstić information content (AvgIpc) is 3.17. The Morgan fingerprint density at radius 1 is 1.03 bits per heavy atom. The monoisotopic (exact) mass is 453 g/mol. The van der Waals surface area contributed by atoms with Crippen LogP contribution in [0, 0.1) is 12.3 Å². The molecule has 4 rings (SSSR count). The third-order valence-corrected chi connectivity index (χ3v) is 5.14. The van der Waals surface area contributed by atoms with Gasteiger partial charge in [0.25, 0.3) is 0 Å². The number of amides is 1. The van der Waals surface area contributed by atoms with E-state index in [1.165, 1.54) is 22.8 Å². The van der Waals surface area contributed by atoms with Crippen molar-refractivity contribution in [2.75, 3.05) is 5.32 Å². The van der Waals surface area contributed by atoms with Gasteiger partial charge in [0, 0.05) is 22.9 Å². The lowest BCUT2D eigenvalue weighted by Crippen LogP contribution is -2.27. The van der Waals surface area contributed by atoms with E-state index in [4.69, 9.17) is 0 Å². The molecule has 0 bridgehead atoms. The molecule has 0 aliphatic carbocycles. The highest BCUT2D eigenvalue weighted by atomic mass is 19.4. The Hall–Kier alpha value is -3.75. The second-order valence-electron chi connectivity index (χ2n) is 8.78. The highest BCUT2D eigenvalue weighted by Gasteiger charge is 2.34. The number of aryl methyl sites for hydroxylation is 1. The first-order chi connectivity index (χ1) is 15.4. The number of pyridine rings is 1. The highest BCUT2D eigenvalue weighted by molar-refractivity contribution is 5.95. The van der Waals surface area contributed by atoms with E-state index in [2.05, 4.69) is 20.4 Å².